The van der Waals surface area contributed by atoms with Gasteiger partial charge in [-0.1, -0.05) is 70.9 Å². The van der Waals surface area contributed by atoms with Crippen molar-refractivity contribution in [3.05, 3.63) is 35.9 Å². The fourth-order valence-corrected chi connectivity index (χ4v) is 3.94. The lowest BCUT2D eigenvalue weighted by Gasteiger charge is -2.14. The van der Waals surface area contributed by atoms with E-state index in [9.17, 15) is 0 Å². The lowest BCUT2D eigenvalue weighted by atomic mass is 10.0. The molecule has 0 amide bonds. The molecule has 3 heteroatoms. The number of hydrogen-bond acceptors (Lipinski definition) is 2. The fourth-order valence-electron chi connectivity index (χ4n) is 3.75. The summed E-state index contributed by atoms with van der Waals surface area (Å²) in [4.78, 5) is 0. The first-order valence-corrected chi connectivity index (χ1v) is 12.2. The molecule has 2 aromatic carbocycles. The Morgan fingerprint density at radius 3 is 2.14 bits per heavy atom. The van der Waals surface area contributed by atoms with Crippen molar-refractivity contribution < 1.29 is 9.47 Å². The molecule has 0 aliphatic rings. The lowest BCUT2D eigenvalue weighted by molar-refractivity contribution is 0.302. The van der Waals surface area contributed by atoms with Gasteiger partial charge in [-0.15, -0.1) is 11.6 Å². The summed E-state index contributed by atoms with van der Waals surface area (Å²) in [6, 6.07) is 10.8. The summed E-state index contributed by atoms with van der Waals surface area (Å²) in [5.41, 5.74) is 1.30. The van der Waals surface area contributed by atoms with E-state index in [1.807, 2.05) is 0 Å². The summed E-state index contributed by atoms with van der Waals surface area (Å²) < 4.78 is 12.1. The van der Waals surface area contributed by atoms with E-state index < -0.39 is 0 Å². The van der Waals surface area contributed by atoms with Crippen LogP contribution in [0.4, 0.5) is 0 Å². The number of alkyl halides is 1. The second-order valence-electron chi connectivity index (χ2n) is 7.85. The summed E-state index contributed by atoms with van der Waals surface area (Å²) in [6.45, 7) is 6.04. The average Bonchev–Trinajstić information content (AvgIpc) is 2.75. The number of aryl methyl sites for hydroxylation is 1. The van der Waals surface area contributed by atoms with E-state index in [1.165, 1.54) is 61.3 Å². The average molecular weight is 419 g/mol. The Morgan fingerprint density at radius 1 is 0.724 bits per heavy atom. The second kappa shape index (κ2) is 14.6. The molecule has 0 aliphatic carbocycles. The first kappa shape index (κ1) is 23.9. The smallest absolute Gasteiger partial charge is 0.123 e. The predicted molar refractivity (Wildman–Crippen MR) is 127 cm³/mol. The van der Waals surface area contributed by atoms with Crippen LogP contribution in [-0.4, -0.2) is 19.1 Å². The summed E-state index contributed by atoms with van der Waals surface area (Å²) in [5, 5.41) is 2.51. The monoisotopic (exact) mass is 418 g/mol. The summed E-state index contributed by atoms with van der Waals surface area (Å²) in [7, 11) is 0. The van der Waals surface area contributed by atoms with Crippen LogP contribution in [0, 0.1) is 0 Å². The minimum atomic E-state index is 0.760. The van der Waals surface area contributed by atoms with Gasteiger partial charge in [-0.3, -0.25) is 0 Å². The van der Waals surface area contributed by atoms with E-state index in [1.54, 1.807) is 0 Å². The molecule has 162 valence electrons. The Morgan fingerprint density at radius 2 is 1.41 bits per heavy atom. The first-order chi connectivity index (χ1) is 14.3. The molecule has 0 unspecified atom stereocenters. The number of rotatable bonds is 16. The zero-order valence-electron chi connectivity index (χ0n) is 18.5. The minimum absolute atomic E-state index is 0.760. The molecule has 2 nitrogen and oxygen atoms in total. The van der Waals surface area contributed by atoms with Gasteiger partial charge in [0, 0.05) is 11.4 Å². The Kier molecular flexibility index (Phi) is 12.0. The number of halogens is 1. The number of unbranched alkanes of at least 4 members (excludes halogenated alkanes) is 8. The topological polar surface area (TPSA) is 18.5 Å². The van der Waals surface area contributed by atoms with Crippen molar-refractivity contribution in [2.45, 2.75) is 84.5 Å². The van der Waals surface area contributed by atoms with Crippen molar-refractivity contribution in [1.29, 1.82) is 0 Å². The van der Waals surface area contributed by atoms with Crippen molar-refractivity contribution >= 4 is 22.4 Å². The number of fused-ring (bicyclic) bond motifs is 1. The van der Waals surface area contributed by atoms with Gasteiger partial charge in [0.05, 0.1) is 13.2 Å². The molecule has 29 heavy (non-hydrogen) atoms. The molecule has 0 aliphatic heterocycles. The normalized spacial score (nSPS) is 11.1. The van der Waals surface area contributed by atoms with E-state index in [4.69, 9.17) is 21.1 Å². The SMILES string of the molecule is CCCCCCCCOc1ccc2c(CC)c(OCCCCCCCl)ccc2c1. The zero-order chi connectivity index (χ0) is 20.7. The molecule has 2 rings (SSSR count). The largest absolute Gasteiger partial charge is 0.494 e. The maximum atomic E-state index is 6.10. The van der Waals surface area contributed by atoms with Crippen LogP contribution >= 0.6 is 11.6 Å². The quantitative estimate of drug-likeness (QED) is 0.201. The van der Waals surface area contributed by atoms with Crippen molar-refractivity contribution in [3.8, 4) is 11.5 Å². The van der Waals surface area contributed by atoms with E-state index in [0.29, 0.717) is 0 Å². The number of benzene rings is 2. The van der Waals surface area contributed by atoms with Gasteiger partial charge in [0.2, 0.25) is 0 Å². The highest BCUT2D eigenvalue weighted by Crippen LogP contribution is 2.31. The highest BCUT2D eigenvalue weighted by Gasteiger charge is 2.08. The summed E-state index contributed by atoms with van der Waals surface area (Å²) in [5.74, 6) is 2.76. The Balaban J connectivity index is 1.87. The highest BCUT2D eigenvalue weighted by molar-refractivity contribution is 6.17. The third-order valence-electron chi connectivity index (χ3n) is 5.47. The summed E-state index contributed by atoms with van der Waals surface area (Å²) in [6.07, 6.45) is 13.3. The van der Waals surface area contributed by atoms with Crippen LogP contribution < -0.4 is 9.47 Å². The second-order valence-corrected chi connectivity index (χ2v) is 8.22. The Labute approximate surface area is 182 Å². The van der Waals surface area contributed by atoms with Gasteiger partial charge in [0.25, 0.3) is 0 Å². The van der Waals surface area contributed by atoms with Crippen molar-refractivity contribution in [2.75, 3.05) is 19.1 Å². The zero-order valence-corrected chi connectivity index (χ0v) is 19.2. The van der Waals surface area contributed by atoms with Crippen LogP contribution in [0.1, 0.15) is 83.6 Å². The van der Waals surface area contributed by atoms with Crippen LogP contribution in [0.15, 0.2) is 30.3 Å². The minimum Gasteiger partial charge on any atom is -0.494 e. The molecule has 0 fully saturated rings. The van der Waals surface area contributed by atoms with Gasteiger partial charge in [0.15, 0.2) is 0 Å². The highest BCUT2D eigenvalue weighted by atomic mass is 35.5. The maximum Gasteiger partial charge on any atom is 0.123 e. The van der Waals surface area contributed by atoms with Gasteiger partial charge in [-0.25, -0.2) is 0 Å². The van der Waals surface area contributed by atoms with E-state index >= 15 is 0 Å². The van der Waals surface area contributed by atoms with E-state index in [2.05, 4.69) is 44.2 Å². The standard InChI is InChI=1S/C26H39ClO2/c1-3-5-6-7-9-12-19-28-23-15-16-25-22(21-23)14-17-26(24(25)4-2)29-20-13-10-8-11-18-27/h14-17,21H,3-13,18-20H2,1-2H3. The molecule has 0 bridgehead atoms. The Hall–Kier alpha value is -1.41. The van der Waals surface area contributed by atoms with Gasteiger partial charge in [-0.2, -0.15) is 0 Å². The molecular weight excluding hydrogens is 380 g/mol. The van der Waals surface area contributed by atoms with Crippen LogP contribution in [0.3, 0.4) is 0 Å². The molecule has 0 heterocycles. The van der Waals surface area contributed by atoms with Crippen molar-refractivity contribution in [3.63, 3.8) is 0 Å². The van der Waals surface area contributed by atoms with Crippen LogP contribution in [0.2, 0.25) is 0 Å². The van der Waals surface area contributed by atoms with Crippen molar-refractivity contribution in [1.82, 2.24) is 0 Å². The third-order valence-corrected chi connectivity index (χ3v) is 5.73. The molecule has 2 aromatic rings. The van der Waals surface area contributed by atoms with E-state index in [-0.39, 0.29) is 0 Å². The molecular formula is C26H39ClO2. The molecule has 0 saturated carbocycles. The van der Waals surface area contributed by atoms with Gasteiger partial charge < -0.3 is 9.47 Å². The molecule has 0 aromatic heterocycles. The van der Waals surface area contributed by atoms with Crippen LogP contribution in [-0.2, 0) is 6.42 Å². The molecule has 0 saturated heterocycles. The fraction of sp³-hybridized carbons (Fsp3) is 0.615. The van der Waals surface area contributed by atoms with Crippen LogP contribution in [0.25, 0.3) is 10.8 Å². The van der Waals surface area contributed by atoms with Crippen LogP contribution in [0.5, 0.6) is 11.5 Å². The Bertz CT molecular complexity index is 698. The first-order valence-electron chi connectivity index (χ1n) is 11.7. The molecule has 0 radical (unpaired) electrons. The van der Waals surface area contributed by atoms with Gasteiger partial charge >= 0.3 is 0 Å². The number of ether oxygens (including phenoxy) is 2. The van der Waals surface area contributed by atoms with Gasteiger partial charge in [0.1, 0.15) is 11.5 Å². The number of hydrogen-bond donors (Lipinski definition) is 0. The molecule has 0 atom stereocenters. The van der Waals surface area contributed by atoms with Gasteiger partial charge in [-0.05, 0) is 54.7 Å². The van der Waals surface area contributed by atoms with E-state index in [0.717, 1.165) is 56.3 Å². The lowest BCUT2D eigenvalue weighted by Crippen LogP contribution is -2.01. The maximum absolute atomic E-state index is 6.10. The molecule has 0 spiro atoms. The predicted octanol–water partition coefficient (Wildman–Crippen LogP) is 8.32. The summed E-state index contributed by atoms with van der Waals surface area (Å²) >= 11 is 5.73. The third kappa shape index (κ3) is 8.46. The molecule has 0 N–H and O–H groups in total. The van der Waals surface area contributed by atoms with Crippen molar-refractivity contribution in [2.24, 2.45) is 0 Å².